The number of nitrogens with one attached hydrogen (secondary N) is 1. The monoisotopic (exact) mass is 384 g/mol. The first-order valence-corrected chi connectivity index (χ1v) is 10.3. The highest BCUT2D eigenvalue weighted by Crippen LogP contribution is 2.25. The summed E-state index contributed by atoms with van der Waals surface area (Å²) in [4.78, 5) is 43.3. The molecule has 7 heteroatoms. The van der Waals surface area contributed by atoms with Crippen molar-refractivity contribution in [1.82, 2.24) is 14.7 Å². The number of hydrogen-bond donors (Lipinski definition) is 1. The van der Waals surface area contributed by atoms with Crippen LogP contribution in [0.5, 0.6) is 0 Å². The summed E-state index contributed by atoms with van der Waals surface area (Å²) in [6.45, 7) is 2.79. The van der Waals surface area contributed by atoms with Crippen molar-refractivity contribution in [3.63, 3.8) is 0 Å². The first-order chi connectivity index (χ1) is 13.6. The van der Waals surface area contributed by atoms with Crippen molar-refractivity contribution in [3.05, 3.63) is 30.3 Å². The average molecular weight is 384 g/mol. The van der Waals surface area contributed by atoms with Crippen LogP contribution in [0, 0.1) is 0 Å². The highest BCUT2D eigenvalue weighted by Gasteiger charge is 2.39. The highest BCUT2D eigenvalue weighted by atomic mass is 16.2. The molecule has 1 aromatic rings. The Labute approximate surface area is 165 Å². The van der Waals surface area contributed by atoms with Crippen molar-refractivity contribution in [1.29, 1.82) is 0 Å². The zero-order valence-electron chi connectivity index (χ0n) is 16.2. The molecule has 0 radical (unpaired) electrons. The molecule has 0 saturated carbocycles. The van der Waals surface area contributed by atoms with Crippen LogP contribution in [0.1, 0.15) is 38.5 Å². The van der Waals surface area contributed by atoms with Crippen molar-refractivity contribution in [2.75, 3.05) is 31.5 Å². The summed E-state index contributed by atoms with van der Waals surface area (Å²) in [6, 6.07) is 9.00. The molecule has 4 amide bonds. The first-order valence-electron chi connectivity index (χ1n) is 10.3. The van der Waals surface area contributed by atoms with Crippen LogP contribution in [0.2, 0.25) is 0 Å². The van der Waals surface area contributed by atoms with Gasteiger partial charge in [-0.25, -0.2) is 4.79 Å². The first kappa shape index (κ1) is 18.8. The molecule has 3 fully saturated rings. The van der Waals surface area contributed by atoms with Crippen LogP contribution >= 0.6 is 0 Å². The third-order valence-electron chi connectivity index (χ3n) is 6.15. The molecular weight excluding hydrogens is 356 g/mol. The van der Waals surface area contributed by atoms with Gasteiger partial charge in [-0.15, -0.1) is 0 Å². The zero-order chi connectivity index (χ0) is 19.5. The predicted octanol–water partition coefficient (Wildman–Crippen LogP) is 2.30. The van der Waals surface area contributed by atoms with Crippen LogP contribution in [0.3, 0.4) is 0 Å². The van der Waals surface area contributed by atoms with Crippen LogP contribution in [0.15, 0.2) is 30.3 Å². The van der Waals surface area contributed by atoms with E-state index in [2.05, 4.69) is 5.32 Å². The summed E-state index contributed by atoms with van der Waals surface area (Å²) in [5.74, 6) is 0.302. The normalized spacial score (nSPS) is 23.4. The van der Waals surface area contributed by atoms with Gasteiger partial charge in [0.2, 0.25) is 11.8 Å². The van der Waals surface area contributed by atoms with E-state index >= 15 is 0 Å². The van der Waals surface area contributed by atoms with Gasteiger partial charge in [-0.2, -0.15) is 0 Å². The second-order valence-corrected chi connectivity index (χ2v) is 7.89. The van der Waals surface area contributed by atoms with Gasteiger partial charge in [-0.3, -0.25) is 9.59 Å². The Bertz CT molecular complexity index is 730. The summed E-state index contributed by atoms with van der Waals surface area (Å²) >= 11 is 0. The molecule has 4 rings (SSSR count). The molecule has 7 nitrogen and oxygen atoms in total. The van der Waals surface area contributed by atoms with Crippen LogP contribution in [0.4, 0.5) is 10.5 Å². The number of amides is 4. The largest absolute Gasteiger partial charge is 0.341 e. The second kappa shape index (κ2) is 8.20. The molecule has 3 saturated heterocycles. The fourth-order valence-electron chi connectivity index (χ4n) is 4.65. The van der Waals surface area contributed by atoms with E-state index in [0.29, 0.717) is 32.5 Å². The number of likely N-dealkylation sites (tertiary alicyclic amines) is 3. The minimum Gasteiger partial charge on any atom is -0.341 e. The van der Waals surface area contributed by atoms with E-state index in [1.54, 1.807) is 4.90 Å². The van der Waals surface area contributed by atoms with Gasteiger partial charge in [0.25, 0.3) is 0 Å². The number of carbonyl (C=O) groups excluding carboxylic acids is 3. The van der Waals surface area contributed by atoms with Gasteiger partial charge in [0, 0.05) is 44.3 Å². The van der Waals surface area contributed by atoms with E-state index in [-0.39, 0.29) is 29.9 Å². The molecule has 0 bridgehead atoms. The van der Waals surface area contributed by atoms with Gasteiger partial charge < -0.3 is 20.0 Å². The van der Waals surface area contributed by atoms with Crippen LogP contribution in [-0.2, 0) is 9.59 Å². The van der Waals surface area contributed by atoms with Gasteiger partial charge in [0.15, 0.2) is 0 Å². The molecular formula is C21H28N4O3. The SMILES string of the molecule is O=C(C1CCCN1C(=O)Nc1ccccc1)N1CCC(N2CCCC2=O)CC1. The molecule has 1 aromatic carbocycles. The van der Waals surface area contributed by atoms with E-state index in [1.165, 1.54) is 0 Å². The molecule has 0 spiro atoms. The number of benzene rings is 1. The highest BCUT2D eigenvalue weighted by molar-refractivity contribution is 5.94. The fourth-order valence-corrected chi connectivity index (χ4v) is 4.65. The number of anilines is 1. The van der Waals surface area contributed by atoms with E-state index in [0.717, 1.165) is 37.9 Å². The summed E-state index contributed by atoms with van der Waals surface area (Å²) in [6.07, 6.45) is 4.84. The maximum Gasteiger partial charge on any atom is 0.322 e. The Morgan fingerprint density at radius 2 is 1.68 bits per heavy atom. The lowest BCUT2D eigenvalue weighted by molar-refractivity contribution is -0.137. The lowest BCUT2D eigenvalue weighted by Crippen LogP contribution is -2.53. The zero-order valence-corrected chi connectivity index (χ0v) is 16.2. The van der Waals surface area contributed by atoms with Gasteiger partial charge in [0.1, 0.15) is 6.04 Å². The Balaban J connectivity index is 1.33. The number of carbonyl (C=O) groups is 3. The molecule has 3 aliphatic rings. The topological polar surface area (TPSA) is 73.0 Å². The number of piperidine rings is 1. The maximum atomic E-state index is 13.1. The van der Waals surface area contributed by atoms with Crippen molar-refractivity contribution in [2.24, 2.45) is 0 Å². The van der Waals surface area contributed by atoms with E-state index in [1.807, 2.05) is 40.1 Å². The number of urea groups is 1. The van der Waals surface area contributed by atoms with Crippen LogP contribution in [0.25, 0.3) is 0 Å². The summed E-state index contributed by atoms with van der Waals surface area (Å²) < 4.78 is 0. The fraction of sp³-hybridized carbons (Fsp3) is 0.571. The van der Waals surface area contributed by atoms with Gasteiger partial charge in [0.05, 0.1) is 0 Å². The van der Waals surface area contributed by atoms with E-state index in [4.69, 9.17) is 0 Å². The molecule has 1 N–H and O–H groups in total. The second-order valence-electron chi connectivity index (χ2n) is 7.89. The number of nitrogens with zero attached hydrogens (tertiary/aromatic N) is 3. The van der Waals surface area contributed by atoms with Crippen LogP contribution in [-0.4, -0.2) is 70.8 Å². The van der Waals surface area contributed by atoms with Gasteiger partial charge in [-0.05, 0) is 44.2 Å². The minimum absolute atomic E-state index is 0.0481. The van der Waals surface area contributed by atoms with Crippen LogP contribution < -0.4 is 5.32 Å². The van der Waals surface area contributed by atoms with Crippen molar-refractivity contribution in [3.8, 4) is 0 Å². The predicted molar refractivity (Wildman–Crippen MR) is 106 cm³/mol. The summed E-state index contributed by atoms with van der Waals surface area (Å²) in [7, 11) is 0. The molecule has 1 atom stereocenters. The molecule has 28 heavy (non-hydrogen) atoms. The third kappa shape index (κ3) is 3.84. The minimum atomic E-state index is -0.381. The Kier molecular flexibility index (Phi) is 5.50. The third-order valence-corrected chi connectivity index (χ3v) is 6.15. The molecule has 0 aliphatic carbocycles. The van der Waals surface area contributed by atoms with Crippen molar-refractivity contribution in [2.45, 2.75) is 50.6 Å². The number of rotatable bonds is 3. The molecule has 150 valence electrons. The van der Waals surface area contributed by atoms with Crippen molar-refractivity contribution >= 4 is 23.5 Å². The van der Waals surface area contributed by atoms with Gasteiger partial charge in [-0.1, -0.05) is 18.2 Å². The lowest BCUT2D eigenvalue weighted by atomic mass is 10.0. The van der Waals surface area contributed by atoms with E-state index in [9.17, 15) is 14.4 Å². The Morgan fingerprint density at radius 3 is 2.36 bits per heavy atom. The number of hydrogen-bond acceptors (Lipinski definition) is 3. The standard InChI is InChI=1S/C21H28N4O3/c26-19-9-5-12-24(19)17-10-14-23(15-11-17)20(27)18-8-4-13-25(18)21(28)22-16-6-2-1-3-7-16/h1-3,6-7,17-18H,4-5,8-15H2,(H,22,28). The summed E-state index contributed by atoms with van der Waals surface area (Å²) in [5, 5.41) is 2.89. The molecule has 3 aliphatic heterocycles. The summed E-state index contributed by atoms with van der Waals surface area (Å²) in [5.41, 5.74) is 0.738. The smallest absolute Gasteiger partial charge is 0.322 e. The van der Waals surface area contributed by atoms with Gasteiger partial charge >= 0.3 is 6.03 Å². The Morgan fingerprint density at radius 1 is 0.929 bits per heavy atom. The Hall–Kier alpha value is -2.57. The quantitative estimate of drug-likeness (QED) is 0.869. The molecule has 0 aromatic heterocycles. The maximum absolute atomic E-state index is 13.1. The lowest BCUT2D eigenvalue weighted by Gasteiger charge is -2.38. The van der Waals surface area contributed by atoms with Crippen molar-refractivity contribution < 1.29 is 14.4 Å². The number of para-hydroxylation sites is 1. The van der Waals surface area contributed by atoms with E-state index < -0.39 is 0 Å². The molecule has 3 heterocycles. The molecule has 1 unspecified atom stereocenters. The average Bonchev–Trinajstić information content (AvgIpc) is 3.37.